The summed E-state index contributed by atoms with van der Waals surface area (Å²) in [4.78, 5) is 26.6. The number of phenols is 2. The molecule has 8 heteroatoms. The first-order chi connectivity index (χ1) is 19.3. The van der Waals surface area contributed by atoms with Gasteiger partial charge in [0, 0.05) is 0 Å². The van der Waals surface area contributed by atoms with Crippen molar-refractivity contribution in [1.82, 2.24) is 0 Å². The minimum absolute atomic E-state index is 0.0293. The highest BCUT2D eigenvalue weighted by Crippen LogP contribution is 2.30. The number of ketones is 2. The average Bonchev–Trinajstić information content (AvgIpc) is 2.96. The number of methoxy groups -OCH3 is 2. The van der Waals surface area contributed by atoms with E-state index in [4.69, 9.17) is 18.9 Å². The molecule has 3 rings (SSSR count). The molecule has 2 N–H and O–H groups in total. The lowest BCUT2D eigenvalue weighted by molar-refractivity contribution is -0.116. The van der Waals surface area contributed by atoms with Gasteiger partial charge in [-0.15, -0.1) is 0 Å². The van der Waals surface area contributed by atoms with Gasteiger partial charge in [0.25, 0.3) is 0 Å². The van der Waals surface area contributed by atoms with Crippen molar-refractivity contribution in [3.05, 3.63) is 89.0 Å². The fraction of sp³-hybridized carbons (Fsp3) is 0.188. The van der Waals surface area contributed by atoms with E-state index in [0.717, 1.165) is 0 Å². The Balaban J connectivity index is 2.00. The number of phenolic OH excluding ortho intramolecular Hbond substituents is 2. The molecule has 0 fully saturated rings. The number of hydrogen-bond donors (Lipinski definition) is 2. The Kier molecular flexibility index (Phi) is 10.5. The second-order valence-corrected chi connectivity index (χ2v) is 8.39. The molecule has 3 aromatic rings. The zero-order valence-electron chi connectivity index (χ0n) is 22.8. The Morgan fingerprint density at radius 2 is 1.10 bits per heavy atom. The number of hydrogen-bond acceptors (Lipinski definition) is 8. The number of carbonyl (C=O) groups excluding carboxylic acids is 2. The van der Waals surface area contributed by atoms with E-state index in [0.29, 0.717) is 41.4 Å². The molecule has 8 nitrogen and oxygen atoms in total. The van der Waals surface area contributed by atoms with Crippen molar-refractivity contribution in [2.75, 3.05) is 27.4 Å². The smallest absolute Gasteiger partial charge is 0.189 e. The van der Waals surface area contributed by atoms with Gasteiger partial charge in [-0.1, -0.05) is 30.4 Å². The summed E-state index contributed by atoms with van der Waals surface area (Å²) in [5.41, 5.74) is 1.68. The molecule has 0 saturated heterocycles. The number of aromatic hydroxyl groups is 2. The van der Waals surface area contributed by atoms with Crippen molar-refractivity contribution >= 4 is 29.8 Å². The monoisotopic (exact) mass is 544 g/mol. The van der Waals surface area contributed by atoms with Gasteiger partial charge in [0.1, 0.15) is 0 Å². The van der Waals surface area contributed by atoms with Crippen LogP contribution in [0.3, 0.4) is 0 Å². The van der Waals surface area contributed by atoms with Gasteiger partial charge in [-0.25, -0.2) is 0 Å². The summed E-state index contributed by atoms with van der Waals surface area (Å²) >= 11 is 0. The molecule has 0 bridgehead atoms. The molecule has 3 aromatic carbocycles. The maximum Gasteiger partial charge on any atom is 0.189 e. The maximum absolute atomic E-state index is 13.3. The summed E-state index contributed by atoms with van der Waals surface area (Å²) in [7, 11) is 2.85. The van der Waals surface area contributed by atoms with Crippen LogP contribution in [-0.4, -0.2) is 49.2 Å². The number of benzene rings is 3. The van der Waals surface area contributed by atoms with Crippen molar-refractivity contribution < 1.29 is 38.7 Å². The molecule has 0 atom stereocenters. The summed E-state index contributed by atoms with van der Waals surface area (Å²) in [6.45, 7) is 4.58. The highest BCUT2D eigenvalue weighted by atomic mass is 16.5. The van der Waals surface area contributed by atoms with Crippen LogP contribution in [0.5, 0.6) is 34.5 Å². The average molecular weight is 545 g/mol. The molecule has 0 amide bonds. The van der Waals surface area contributed by atoms with Crippen LogP contribution in [-0.2, 0) is 9.59 Å². The largest absolute Gasteiger partial charge is 0.504 e. The van der Waals surface area contributed by atoms with E-state index < -0.39 is 11.6 Å². The van der Waals surface area contributed by atoms with E-state index in [1.165, 1.54) is 56.7 Å². The standard InChI is InChI=1S/C32H32O8/c1-5-39-29-16-11-23(20-32(29)40-6-2)17-24(25(33)12-7-21-9-14-27(35)30(18-21)37-3)26(34)13-8-22-10-15-28(36)31(19-22)38-4/h7-20,35-36H,5-6H2,1-4H3/b12-7+,13-8+. The Morgan fingerprint density at radius 3 is 1.57 bits per heavy atom. The first-order valence-corrected chi connectivity index (χ1v) is 12.6. The van der Waals surface area contributed by atoms with Crippen LogP contribution in [0.4, 0.5) is 0 Å². The third kappa shape index (κ3) is 7.77. The molecule has 0 aliphatic rings. The quantitative estimate of drug-likeness (QED) is 0.156. The number of ether oxygens (including phenoxy) is 4. The second kappa shape index (κ2) is 14.2. The first-order valence-electron chi connectivity index (χ1n) is 12.6. The van der Waals surface area contributed by atoms with Gasteiger partial charge in [-0.2, -0.15) is 0 Å². The van der Waals surface area contributed by atoms with E-state index in [9.17, 15) is 19.8 Å². The summed E-state index contributed by atoms with van der Waals surface area (Å²) in [5, 5.41) is 19.7. The Hall–Kier alpha value is -4.98. The van der Waals surface area contributed by atoms with Crippen molar-refractivity contribution in [2.24, 2.45) is 0 Å². The van der Waals surface area contributed by atoms with Crippen LogP contribution in [0.25, 0.3) is 18.2 Å². The number of allylic oxidation sites excluding steroid dienone is 3. The zero-order chi connectivity index (χ0) is 29.1. The van der Waals surface area contributed by atoms with Gasteiger partial charge in [0.2, 0.25) is 0 Å². The van der Waals surface area contributed by atoms with Crippen LogP contribution in [0, 0.1) is 0 Å². The second-order valence-electron chi connectivity index (χ2n) is 8.39. The minimum Gasteiger partial charge on any atom is -0.504 e. The molecule has 0 aliphatic carbocycles. The van der Waals surface area contributed by atoms with E-state index in [1.807, 2.05) is 13.8 Å². The summed E-state index contributed by atoms with van der Waals surface area (Å²) in [6, 6.07) is 14.5. The van der Waals surface area contributed by atoms with Crippen molar-refractivity contribution in [3.63, 3.8) is 0 Å². The lowest BCUT2D eigenvalue weighted by atomic mass is 10.0. The molecule has 0 aliphatic heterocycles. The Morgan fingerprint density at radius 1 is 0.650 bits per heavy atom. The van der Waals surface area contributed by atoms with Gasteiger partial charge in [0.05, 0.1) is 33.0 Å². The molecule has 0 unspecified atom stereocenters. The Labute approximate surface area is 233 Å². The van der Waals surface area contributed by atoms with Crippen LogP contribution in [0.2, 0.25) is 0 Å². The predicted molar refractivity (Wildman–Crippen MR) is 154 cm³/mol. The minimum atomic E-state index is -0.531. The summed E-state index contributed by atoms with van der Waals surface area (Å²) in [6.07, 6.45) is 7.12. The first kappa shape index (κ1) is 29.6. The normalized spacial score (nSPS) is 10.9. The van der Waals surface area contributed by atoms with Crippen LogP contribution >= 0.6 is 0 Å². The lowest BCUT2D eigenvalue weighted by Crippen LogP contribution is -2.08. The van der Waals surface area contributed by atoms with Gasteiger partial charge in [0.15, 0.2) is 46.1 Å². The molecule has 0 radical (unpaired) electrons. The highest BCUT2D eigenvalue weighted by Gasteiger charge is 2.16. The van der Waals surface area contributed by atoms with Crippen LogP contribution in [0.15, 0.2) is 72.3 Å². The van der Waals surface area contributed by atoms with Crippen molar-refractivity contribution in [1.29, 1.82) is 0 Å². The SMILES string of the molecule is CCOc1ccc(C=C(C(=O)/C=C/c2ccc(O)c(OC)c2)C(=O)/C=C/c2ccc(O)c(OC)c2)cc1OCC. The lowest BCUT2D eigenvalue weighted by Gasteiger charge is -2.11. The third-order valence-electron chi connectivity index (χ3n) is 5.67. The van der Waals surface area contributed by atoms with Gasteiger partial charge < -0.3 is 29.2 Å². The summed E-state index contributed by atoms with van der Waals surface area (Å²) < 4.78 is 21.6. The molecule has 40 heavy (non-hydrogen) atoms. The van der Waals surface area contributed by atoms with Gasteiger partial charge in [-0.3, -0.25) is 9.59 Å². The molecular weight excluding hydrogens is 512 g/mol. The van der Waals surface area contributed by atoms with Gasteiger partial charge >= 0.3 is 0 Å². The molecule has 208 valence electrons. The third-order valence-corrected chi connectivity index (χ3v) is 5.67. The van der Waals surface area contributed by atoms with E-state index in [2.05, 4.69) is 0 Å². The fourth-order valence-electron chi connectivity index (χ4n) is 3.71. The predicted octanol–water partition coefficient (Wildman–Crippen LogP) is 5.86. The maximum atomic E-state index is 13.3. The number of rotatable bonds is 13. The molecular formula is C32H32O8. The molecule has 0 heterocycles. The fourth-order valence-corrected chi connectivity index (χ4v) is 3.71. The highest BCUT2D eigenvalue weighted by molar-refractivity contribution is 6.31. The zero-order valence-corrected chi connectivity index (χ0v) is 22.8. The van der Waals surface area contributed by atoms with Crippen LogP contribution in [0.1, 0.15) is 30.5 Å². The van der Waals surface area contributed by atoms with Crippen LogP contribution < -0.4 is 18.9 Å². The molecule has 0 spiro atoms. The van der Waals surface area contributed by atoms with Crippen molar-refractivity contribution in [2.45, 2.75) is 13.8 Å². The Bertz CT molecular complexity index is 1370. The molecule has 0 saturated carbocycles. The number of carbonyl (C=O) groups is 2. The van der Waals surface area contributed by atoms with E-state index in [-0.39, 0.29) is 28.6 Å². The topological polar surface area (TPSA) is 112 Å². The van der Waals surface area contributed by atoms with E-state index in [1.54, 1.807) is 42.5 Å². The van der Waals surface area contributed by atoms with Gasteiger partial charge in [-0.05, 0) is 85.2 Å². The van der Waals surface area contributed by atoms with E-state index >= 15 is 0 Å². The summed E-state index contributed by atoms with van der Waals surface area (Å²) in [5.74, 6) is 0.447. The van der Waals surface area contributed by atoms with Crippen molar-refractivity contribution in [3.8, 4) is 34.5 Å². The molecule has 0 aromatic heterocycles.